The number of fused-ring (bicyclic) bond motifs is 3. The van der Waals surface area contributed by atoms with Crippen LogP contribution in [0.1, 0.15) is 34.3 Å². The molecule has 3 aromatic carbocycles. The number of carbonyl (C=O) groups excluding carboxylic acids is 1. The van der Waals surface area contributed by atoms with Crippen molar-refractivity contribution in [1.82, 2.24) is 5.32 Å². The molecule has 0 aliphatic heterocycles. The van der Waals surface area contributed by atoms with Crippen molar-refractivity contribution in [2.75, 3.05) is 13.2 Å². The number of phenols is 1. The lowest BCUT2D eigenvalue weighted by Gasteiger charge is -2.21. The first-order chi connectivity index (χ1) is 15.0. The predicted molar refractivity (Wildman–Crippen MR) is 117 cm³/mol. The highest BCUT2D eigenvalue weighted by Gasteiger charge is 2.29. The monoisotopic (exact) mass is 419 g/mol. The maximum absolute atomic E-state index is 12.2. The number of phenolic OH excluding ortho intramolecular Hbond substituents is 1. The molecule has 160 valence electrons. The highest BCUT2D eigenvalue weighted by atomic mass is 16.5. The molecule has 4 N–H and O–H groups in total. The van der Waals surface area contributed by atoms with Gasteiger partial charge in [-0.3, -0.25) is 0 Å². The van der Waals surface area contributed by atoms with Crippen molar-refractivity contribution >= 4 is 6.09 Å². The molecule has 0 spiro atoms. The molecule has 6 heteroatoms. The average Bonchev–Trinajstić information content (AvgIpc) is 3.11. The Morgan fingerprint density at radius 3 is 2.23 bits per heavy atom. The molecule has 0 heterocycles. The van der Waals surface area contributed by atoms with Crippen LogP contribution < -0.4 is 5.32 Å². The number of benzene rings is 3. The predicted octanol–water partition coefficient (Wildman–Crippen LogP) is 3.63. The Morgan fingerprint density at radius 1 is 0.968 bits per heavy atom. The second kappa shape index (κ2) is 8.79. The summed E-state index contributed by atoms with van der Waals surface area (Å²) in [6.45, 7) is 1.64. The van der Waals surface area contributed by atoms with E-state index >= 15 is 0 Å². The van der Waals surface area contributed by atoms with Gasteiger partial charge in [0.1, 0.15) is 24.6 Å². The fourth-order valence-corrected chi connectivity index (χ4v) is 4.12. The van der Waals surface area contributed by atoms with Gasteiger partial charge in [0, 0.05) is 12.5 Å². The Kier molecular flexibility index (Phi) is 5.93. The summed E-state index contributed by atoms with van der Waals surface area (Å²) in [5.41, 5.74) is 5.41. The molecule has 2 atom stereocenters. The molecule has 0 aromatic heterocycles. The maximum atomic E-state index is 12.2. The van der Waals surface area contributed by atoms with Crippen LogP contribution >= 0.6 is 0 Å². The van der Waals surface area contributed by atoms with Crippen molar-refractivity contribution < 1.29 is 24.9 Å². The maximum Gasteiger partial charge on any atom is 0.407 e. The van der Waals surface area contributed by atoms with Gasteiger partial charge in [-0.15, -0.1) is 0 Å². The van der Waals surface area contributed by atoms with Gasteiger partial charge >= 0.3 is 6.09 Å². The molecule has 0 fully saturated rings. The molecule has 0 saturated heterocycles. The molecule has 2 unspecified atom stereocenters. The molecule has 1 aliphatic rings. The van der Waals surface area contributed by atoms with E-state index in [4.69, 9.17) is 4.74 Å². The zero-order valence-electron chi connectivity index (χ0n) is 17.2. The number of amides is 1. The Morgan fingerprint density at radius 2 is 1.58 bits per heavy atom. The van der Waals surface area contributed by atoms with E-state index in [1.165, 1.54) is 6.07 Å². The topological polar surface area (TPSA) is 99.0 Å². The van der Waals surface area contributed by atoms with E-state index < -0.39 is 18.3 Å². The Labute approximate surface area is 180 Å². The summed E-state index contributed by atoms with van der Waals surface area (Å²) in [6.07, 6.45) is -3.16. The molecule has 4 rings (SSSR count). The summed E-state index contributed by atoms with van der Waals surface area (Å²) in [7, 11) is 0. The molecule has 1 aliphatic carbocycles. The van der Waals surface area contributed by atoms with Crippen molar-refractivity contribution in [2.24, 2.45) is 0 Å². The SMILES string of the molecule is Cc1c(O)cccc1C(O)C(O)CNC(=O)OCC1c2ccccc2-c2ccccc21. The van der Waals surface area contributed by atoms with E-state index in [9.17, 15) is 20.1 Å². The summed E-state index contributed by atoms with van der Waals surface area (Å²) < 4.78 is 5.44. The van der Waals surface area contributed by atoms with Crippen LogP contribution in [-0.2, 0) is 4.74 Å². The molecule has 3 aromatic rings. The average molecular weight is 419 g/mol. The van der Waals surface area contributed by atoms with Crippen LogP contribution in [-0.4, -0.2) is 40.7 Å². The minimum Gasteiger partial charge on any atom is -0.508 e. The number of nitrogens with one attached hydrogen (secondary N) is 1. The third-order valence-corrected chi connectivity index (χ3v) is 5.83. The summed E-state index contributed by atoms with van der Waals surface area (Å²) >= 11 is 0. The van der Waals surface area contributed by atoms with Crippen molar-refractivity contribution in [3.63, 3.8) is 0 Å². The van der Waals surface area contributed by atoms with Crippen LogP contribution in [0.25, 0.3) is 11.1 Å². The highest BCUT2D eigenvalue weighted by molar-refractivity contribution is 5.79. The fraction of sp³-hybridized carbons (Fsp3) is 0.240. The van der Waals surface area contributed by atoms with E-state index in [0.717, 1.165) is 22.3 Å². The second-order valence-corrected chi connectivity index (χ2v) is 7.71. The molecule has 1 amide bonds. The van der Waals surface area contributed by atoms with Gasteiger partial charge in [-0.25, -0.2) is 4.79 Å². The third-order valence-electron chi connectivity index (χ3n) is 5.83. The lowest BCUT2D eigenvalue weighted by Crippen LogP contribution is -2.36. The number of aromatic hydroxyl groups is 1. The van der Waals surface area contributed by atoms with E-state index in [-0.39, 0.29) is 24.8 Å². The highest BCUT2D eigenvalue weighted by Crippen LogP contribution is 2.44. The minimum absolute atomic E-state index is 0.0354. The summed E-state index contributed by atoms with van der Waals surface area (Å²) in [6, 6.07) is 20.9. The number of hydrogen-bond acceptors (Lipinski definition) is 5. The van der Waals surface area contributed by atoms with Gasteiger partial charge in [0.25, 0.3) is 0 Å². The van der Waals surface area contributed by atoms with Crippen LogP contribution in [0.2, 0.25) is 0 Å². The van der Waals surface area contributed by atoms with Crippen LogP contribution in [0.5, 0.6) is 5.75 Å². The van der Waals surface area contributed by atoms with Gasteiger partial charge < -0.3 is 25.4 Å². The number of rotatable bonds is 6. The van der Waals surface area contributed by atoms with Crippen molar-refractivity contribution in [1.29, 1.82) is 0 Å². The largest absolute Gasteiger partial charge is 0.508 e. The van der Waals surface area contributed by atoms with E-state index in [2.05, 4.69) is 17.4 Å². The Balaban J connectivity index is 1.35. The molecule has 6 nitrogen and oxygen atoms in total. The molecule has 0 saturated carbocycles. The van der Waals surface area contributed by atoms with Crippen LogP contribution in [0.3, 0.4) is 0 Å². The normalized spacial score (nSPS) is 14.4. The number of aliphatic hydroxyl groups excluding tert-OH is 2. The van der Waals surface area contributed by atoms with E-state index in [1.54, 1.807) is 19.1 Å². The zero-order valence-corrected chi connectivity index (χ0v) is 17.2. The molecule has 31 heavy (non-hydrogen) atoms. The first-order valence-electron chi connectivity index (χ1n) is 10.2. The smallest absolute Gasteiger partial charge is 0.407 e. The number of alkyl carbamates (subject to hydrolysis) is 1. The third kappa shape index (κ3) is 4.13. The Bertz CT molecular complexity index is 1050. The number of aliphatic hydroxyl groups is 2. The minimum atomic E-state index is -1.25. The lowest BCUT2D eigenvalue weighted by molar-refractivity contribution is 0.0181. The standard InChI is InChI=1S/C25H25NO5/c1-15-16(11-6-12-22(15)27)24(29)23(28)13-26-25(30)31-14-21-19-9-4-2-7-17(19)18-8-3-5-10-20(18)21/h2-12,21,23-24,27-29H,13-14H2,1H3,(H,26,30). The summed E-state index contributed by atoms with van der Waals surface area (Å²) in [5, 5.41) is 32.9. The number of carbonyl (C=O) groups is 1. The molecular formula is C25H25NO5. The lowest BCUT2D eigenvalue weighted by atomic mass is 9.98. The van der Waals surface area contributed by atoms with E-state index in [1.807, 2.05) is 36.4 Å². The number of hydrogen-bond donors (Lipinski definition) is 4. The second-order valence-electron chi connectivity index (χ2n) is 7.71. The quantitative estimate of drug-likeness (QED) is 0.489. The zero-order chi connectivity index (χ0) is 22.0. The van der Waals surface area contributed by atoms with Gasteiger partial charge in [0.15, 0.2) is 0 Å². The Hall–Kier alpha value is -3.35. The van der Waals surface area contributed by atoms with Gasteiger partial charge in [0.05, 0.1) is 0 Å². The van der Waals surface area contributed by atoms with E-state index in [0.29, 0.717) is 11.1 Å². The van der Waals surface area contributed by atoms with Crippen molar-refractivity contribution in [3.8, 4) is 16.9 Å². The molecular weight excluding hydrogens is 394 g/mol. The van der Waals surface area contributed by atoms with Crippen molar-refractivity contribution in [2.45, 2.75) is 25.0 Å². The first-order valence-corrected chi connectivity index (χ1v) is 10.2. The van der Waals surface area contributed by atoms with Gasteiger partial charge in [-0.1, -0.05) is 60.7 Å². The molecule has 0 bridgehead atoms. The van der Waals surface area contributed by atoms with Crippen LogP contribution in [0.4, 0.5) is 4.79 Å². The van der Waals surface area contributed by atoms with Gasteiger partial charge in [-0.05, 0) is 46.4 Å². The van der Waals surface area contributed by atoms with Crippen LogP contribution in [0, 0.1) is 6.92 Å². The summed E-state index contributed by atoms with van der Waals surface area (Å²) in [5.74, 6) is -0.0168. The van der Waals surface area contributed by atoms with Gasteiger partial charge in [-0.2, -0.15) is 0 Å². The number of ether oxygens (including phenoxy) is 1. The van der Waals surface area contributed by atoms with Crippen molar-refractivity contribution in [3.05, 3.63) is 89.0 Å². The molecule has 0 radical (unpaired) electrons. The summed E-state index contributed by atoms with van der Waals surface area (Å²) in [4.78, 5) is 12.2. The fourth-order valence-electron chi connectivity index (χ4n) is 4.12. The van der Waals surface area contributed by atoms with Gasteiger partial charge in [0.2, 0.25) is 0 Å². The first kappa shape index (κ1) is 20.9. The van der Waals surface area contributed by atoms with Crippen LogP contribution in [0.15, 0.2) is 66.7 Å².